The van der Waals surface area contributed by atoms with Gasteiger partial charge in [-0.1, -0.05) is 33.6 Å². The molecule has 0 unspecified atom stereocenters. The van der Waals surface area contributed by atoms with Crippen LogP contribution in [0.4, 0.5) is 0 Å². The SMILES string of the molecule is CCC(CC)CN(CC)CC1(O)CCNCC1. The van der Waals surface area contributed by atoms with Gasteiger partial charge in [0.05, 0.1) is 5.60 Å². The minimum atomic E-state index is -0.451. The number of hydrogen-bond acceptors (Lipinski definition) is 3. The highest BCUT2D eigenvalue weighted by molar-refractivity contribution is 4.87. The zero-order chi connectivity index (χ0) is 12.7. The van der Waals surface area contributed by atoms with Gasteiger partial charge in [0.25, 0.3) is 0 Å². The summed E-state index contributed by atoms with van der Waals surface area (Å²) < 4.78 is 0. The minimum Gasteiger partial charge on any atom is -0.388 e. The fourth-order valence-corrected chi connectivity index (χ4v) is 2.68. The molecule has 1 saturated heterocycles. The summed E-state index contributed by atoms with van der Waals surface area (Å²) in [5, 5.41) is 13.9. The molecule has 1 aliphatic rings. The Morgan fingerprint density at radius 3 is 2.24 bits per heavy atom. The lowest BCUT2D eigenvalue weighted by atomic mass is 9.91. The van der Waals surface area contributed by atoms with Crippen LogP contribution in [0.1, 0.15) is 46.5 Å². The van der Waals surface area contributed by atoms with E-state index in [4.69, 9.17) is 0 Å². The predicted octanol–water partition coefficient (Wildman–Crippen LogP) is 1.86. The van der Waals surface area contributed by atoms with E-state index in [0.717, 1.165) is 51.5 Å². The average Bonchev–Trinajstić information content (AvgIpc) is 2.35. The Labute approximate surface area is 107 Å². The number of rotatable bonds is 7. The first-order valence-corrected chi connectivity index (χ1v) is 7.29. The van der Waals surface area contributed by atoms with E-state index in [9.17, 15) is 5.11 Å². The quantitative estimate of drug-likeness (QED) is 0.715. The summed E-state index contributed by atoms with van der Waals surface area (Å²) in [4.78, 5) is 2.43. The first-order valence-electron chi connectivity index (χ1n) is 7.29. The topological polar surface area (TPSA) is 35.5 Å². The molecule has 3 nitrogen and oxygen atoms in total. The van der Waals surface area contributed by atoms with Crippen molar-refractivity contribution in [2.75, 3.05) is 32.7 Å². The lowest BCUT2D eigenvalue weighted by molar-refractivity contribution is -0.0230. The van der Waals surface area contributed by atoms with Crippen LogP contribution >= 0.6 is 0 Å². The van der Waals surface area contributed by atoms with E-state index in [1.54, 1.807) is 0 Å². The highest BCUT2D eigenvalue weighted by Crippen LogP contribution is 2.20. The van der Waals surface area contributed by atoms with Crippen LogP contribution in [0.3, 0.4) is 0 Å². The molecule has 0 atom stereocenters. The van der Waals surface area contributed by atoms with E-state index in [-0.39, 0.29) is 0 Å². The summed E-state index contributed by atoms with van der Waals surface area (Å²) in [7, 11) is 0. The Bertz CT molecular complexity index is 198. The molecule has 1 rings (SSSR count). The Kier molecular flexibility index (Phi) is 6.45. The van der Waals surface area contributed by atoms with Crippen molar-refractivity contribution in [3.05, 3.63) is 0 Å². The lowest BCUT2D eigenvalue weighted by Crippen LogP contribution is -2.50. The molecular formula is C14H30N2O. The highest BCUT2D eigenvalue weighted by atomic mass is 16.3. The molecule has 102 valence electrons. The van der Waals surface area contributed by atoms with Gasteiger partial charge >= 0.3 is 0 Å². The van der Waals surface area contributed by atoms with Gasteiger partial charge in [-0.3, -0.25) is 0 Å². The summed E-state index contributed by atoms with van der Waals surface area (Å²) in [5.41, 5.74) is -0.451. The van der Waals surface area contributed by atoms with Crippen molar-refractivity contribution in [3.63, 3.8) is 0 Å². The monoisotopic (exact) mass is 242 g/mol. The fourth-order valence-electron chi connectivity index (χ4n) is 2.68. The molecule has 0 bridgehead atoms. The third-order valence-corrected chi connectivity index (χ3v) is 4.17. The summed E-state index contributed by atoms with van der Waals surface area (Å²) in [6.07, 6.45) is 4.28. The van der Waals surface area contributed by atoms with Gasteiger partial charge < -0.3 is 15.3 Å². The second-order valence-corrected chi connectivity index (χ2v) is 5.48. The first kappa shape index (κ1) is 14.9. The van der Waals surface area contributed by atoms with E-state index in [2.05, 4.69) is 31.0 Å². The second kappa shape index (κ2) is 7.34. The van der Waals surface area contributed by atoms with Crippen LogP contribution in [0.5, 0.6) is 0 Å². The molecule has 0 radical (unpaired) electrons. The van der Waals surface area contributed by atoms with E-state index >= 15 is 0 Å². The van der Waals surface area contributed by atoms with Gasteiger partial charge in [-0.2, -0.15) is 0 Å². The molecule has 0 amide bonds. The molecule has 0 aromatic rings. The van der Waals surface area contributed by atoms with E-state index in [1.807, 2.05) is 0 Å². The summed E-state index contributed by atoms with van der Waals surface area (Å²) in [6.45, 7) is 11.7. The van der Waals surface area contributed by atoms with Crippen molar-refractivity contribution in [3.8, 4) is 0 Å². The summed E-state index contributed by atoms with van der Waals surface area (Å²) in [6, 6.07) is 0. The number of likely N-dealkylation sites (N-methyl/N-ethyl adjacent to an activating group) is 1. The van der Waals surface area contributed by atoms with E-state index in [0.29, 0.717) is 0 Å². The highest BCUT2D eigenvalue weighted by Gasteiger charge is 2.31. The van der Waals surface area contributed by atoms with Crippen molar-refractivity contribution >= 4 is 0 Å². The van der Waals surface area contributed by atoms with Crippen LogP contribution in [0, 0.1) is 5.92 Å². The van der Waals surface area contributed by atoms with Crippen LogP contribution in [-0.4, -0.2) is 48.3 Å². The molecular weight excluding hydrogens is 212 g/mol. The lowest BCUT2D eigenvalue weighted by Gasteiger charge is -2.38. The van der Waals surface area contributed by atoms with Gasteiger partial charge in [-0.25, -0.2) is 0 Å². The first-order chi connectivity index (χ1) is 8.13. The van der Waals surface area contributed by atoms with Gasteiger partial charge in [-0.15, -0.1) is 0 Å². The molecule has 0 aromatic carbocycles. The zero-order valence-electron chi connectivity index (χ0n) is 11.8. The Morgan fingerprint density at radius 1 is 1.18 bits per heavy atom. The van der Waals surface area contributed by atoms with Gasteiger partial charge in [0.15, 0.2) is 0 Å². The molecule has 1 aliphatic heterocycles. The van der Waals surface area contributed by atoms with Gasteiger partial charge in [0.1, 0.15) is 0 Å². The maximum atomic E-state index is 10.5. The standard InChI is InChI=1S/C14H30N2O/c1-4-13(5-2)11-16(6-3)12-14(17)7-9-15-10-8-14/h13,15,17H,4-12H2,1-3H3. The van der Waals surface area contributed by atoms with Crippen molar-refractivity contribution in [1.82, 2.24) is 10.2 Å². The molecule has 3 heteroatoms. The number of nitrogens with zero attached hydrogens (tertiary/aromatic N) is 1. The maximum absolute atomic E-state index is 10.5. The maximum Gasteiger partial charge on any atom is 0.0798 e. The summed E-state index contributed by atoms with van der Waals surface area (Å²) >= 11 is 0. The van der Waals surface area contributed by atoms with Crippen LogP contribution in [0.2, 0.25) is 0 Å². The molecule has 1 heterocycles. The minimum absolute atomic E-state index is 0.451. The molecule has 2 N–H and O–H groups in total. The van der Waals surface area contributed by atoms with E-state index < -0.39 is 5.60 Å². The third-order valence-electron chi connectivity index (χ3n) is 4.17. The third kappa shape index (κ3) is 4.94. The number of nitrogens with one attached hydrogen (secondary N) is 1. The van der Waals surface area contributed by atoms with Gasteiger partial charge in [-0.05, 0) is 38.4 Å². The van der Waals surface area contributed by atoms with Gasteiger partial charge in [0.2, 0.25) is 0 Å². The largest absolute Gasteiger partial charge is 0.388 e. The fraction of sp³-hybridized carbons (Fsp3) is 1.00. The normalized spacial score (nSPS) is 20.1. The average molecular weight is 242 g/mol. The van der Waals surface area contributed by atoms with Crippen molar-refractivity contribution in [2.24, 2.45) is 5.92 Å². The second-order valence-electron chi connectivity index (χ2n) is 5.48. The zero-order valence-corrected chi connectivity index (χ0v) is 11.8. The van der Waals surface area contributed by atoms with Crippen LogP contribution in [0.15, 0.2) is 0 Å². The smallest absolute Gasteiger partial charge is 0.0798 e. The molecule has 0 saturated carbocycles. The van der Waals surface area contributed by atoms with Gasteiger partial charge in [0, 0.05) is 13.1 Å². The molecule has 17 heavy (non-hydrogen) atoms. The number of hydrogen-bond donors (Lipinski definition) is 2. The Balaban J connectivity index is 2.44. The van der Waals surface area contributed by atoms with Crippen LogP contribution in [0.25, 0.3) is 0 Å². The van der Waals surface area contributed by atoms with Crippen LogP contribution in [-0.2, 0) is 0 Å². The molecule has 0 aliphatic carbocycles. The van der Waals surface area contributed by atoms with Crippen molar-refractivity contribution in [1.29, 1.82) is 0 Å². The Morgan fingerprint density at radius 2 is 1.76 bits per heavy atom. The van der Waals surface area contributed by atoms with E-state index in [1.165, 1.54) is 12.8 Å². The summed E-state index contributed by atoms with van der Waals surface area (Å²) in [5.74, 6) is 0.778. The predicted molar refractivity (Wildman–Crippen MR) is 73.2 cm³/mol. The Hall–Kier alpha value is -0.120. The molecule has 1 fully saturated rings. The number of piperidine rings is 1. The molecule has 0 spiro atoms. The van der Waals surface area contributed by atoms with Crippen molar-refractivity contribution in [2.45, 2.75) is 52.1 Å². The van der Waals surface area contributed by atoms with Crippen molar-refractivity contribution < 1.29 is 5.11 Å². The van der Waals surface area contributed by atoms with Crippen LogP contribution < -0.4 is 5.32 Å². The number of aliphatic hydroxyl groups is 1. The molecule has 0 aromatic heterocycles.